The van der Waals surface area contributed by atoms with Crippen LogP contribution in [-0.4, -0.2) is 37.1 Å². The van der Waals surface area contributed by atoms with Gasteiger partial charge in [0.25, 0.3) is 0 Å². The van der Waals surface area contributed by atoms with Gasteiger partial charge >= 0.3 is 0 Å². The predicted octanol–water partition coefficient (Wildman–Crippen LogP) is 3.59. The summed E-state index contributed by atoms with van der Waals surface area (Å²) in [5.41, 5.74) is 1.36. The maximum absolute atomic E-state index is 5.93. The molecular weight excluding hydrogens is 256 g/mol. The van der Waals surface area contributed by atoms with Crippen LogP contribution in [0.15, 0.2) is 24.3 Å². The van der Waals surface area contributed by atoms with Gasteiger partial charge in [-0.25, -0.2) is 0 Å². The summed E-state index contributed by atoms with van der Waals surface area (Å²) in [7, 11) is 0. The van der Waals surface area contributed by atoms with Gasteiger partial charge in [-0.05, 0) is 56.7 Å². The minimum absolute atomic E-state index is 0.548. The molecule has 0 aromatic heterocycles. The minimum atomic E-state index is 0.548. The molecule has 0 amide bonds. The number of hydrogen-bond donors (Lipinski definition) is 1. The van der Waals surface area contributed by atoms with Gasteiger partial charge < -0.3 is 10.2 Å². The third-order valence-electron chi connectivity index (χ3n) is 3.58. The maximum atomic E-state index is 5.93. The molecular formula is C16H27ClN2. The Morgan fingerprint density at radius 3 is 2.26 bits per heavy atom. The molecule has 1 aromatic carbocycles. The summed E-state index contributed by atoms with van der Waals surface area (Å²) in [6.07, 6.45) is 2.27. The fraction of sp³-hybridized carbons (Fsp3) is 0.625. The number of likely N-dealkylation sites (N-methyl/N-ethyl adjacent to an activating group) is 1. The molecule has 3 heteroatoms. The van der Waals surface area contributed by atoms with Gasteiger partial charge in [-0.1, -0.05) is 44.5 Å². The molecule has 0 aliphatic carbocycles. The first-order chi connectivity index (χ1) is 9.19. The largest absolute Gasteiger partial charge is 0.314 e. The molecule has 0 bridgehead atoms. The molecule has 2 nitrogen and oxygen atoms in total. The van der Waals surface area contributed by atoms with Crippen LogP contribution in [0, 0.1) is 0 Å². The summed E-state index contributed by atoms with van der Waals surface area (Å²) in [6.45, 7) is 11.1. The molecule has 108 valence electrons. The van der Waals surface area contributed by atoms with Crippen LogP contribution in [0.2, 0.25) is 5.02 Å². The van der Waals surface area contributed by atoms with E-state index in [-0.39, 0.29) is 0 Å². The van der Waals surface area contributed by atoms with Crippen molar-refractivity contribution in [1.29, 1.82) is 0 Å². The lowest BCUT2D eigenvalue weighted by molar-refractivity contribution is 0.281. The maximum Gasteiger partial charge on any atom is 0.0406 e. The first-order valence-corrected chi connectivity index (χ1v) is 7.77. The Morgan fingerprint density at radius 2 is 1.74 bits per heavy atom. The van der Waals surface area contributed by atoms with Crippen LogP contribution in [0.1, 0.15) is 32.8 Å². The highest BCUT2D eigenvalue weighted by Gasteiger charge is 2.10. The van der Waals surface area contributed by atoms with Crippen LogP contribution < -0.4 is 5.32 Å². The molecule has 0 spiro atoms. The third kappa shape index (κ3) is 6.42. The Kier molecular flexibility index (Phi) is 8.11. The van der Waals surface area contributed by atoms with Crippen molar-refractivity contribution >= 4 is 11.6 Å². The van der Waals surface area contributed by atoms with E-state index >= 15 is 0 Å². The molecule has 1 rings (SSSR count). The van der Waals surface area contributed by atoms with Gasteiger partial charge in [0.1, 0.15) is 0 Å². The van der Waals surface area contributed by atoms with Crippen molar-refractivity contribution in [3.05, 3.63) is 34.9 Å². The third-order valence-corrected chi connectivity index (χ3v) is 3.83. The lowest BCUT2D eigenvalue weighted by Gasteiger charge is -2.23. The topological polar surface area (TPSA) is 15.3 Å². The molecule has 0 aliphatic rings. The zero-order chi connectivity index (χ0) is 14.1. The van der Waals surface area contributed by atoms with Gasteiger partial charge in [0.05, 0.1) is 0 Å². The van der Waals surface area contributed by atoms with E-state index < -0.39 is 0 Å². The molecule has 0 fully saturated rings. The lowest BCUT2D eigenvalue weighted by Crippen LogP contribution is -2.35. The van der Waals surface area contributed by atoms with Crippen LogP contribution in [0.25, 0.3) is 0 Å². The van der Waals surface area contributed by atoms with Crippen molar-refractivity contribution in [2.45, 2.75) is 39.7 Å². The molecule has 1 aromatic rings. The number of rotatable bonds is 9. The average Bonchev–Trinajstić information content (AvgIpc) is 2.42. The number of nitrogens with zero attached hydrogens (tertiary/aromatic N) is 1. The summed E-state index contributed by atoms with van der Waals surface area (Å²) >= 11 is 5.93. The predicted molar refractivity (Wildman–Crippen MR) is 85.0 cm³/mol. The van der Waals surface area contributed by atoms with E-state index in [4.69, 9.17) is 11.6 Å². The average molecular weight is 283 g/mol. The molecule has 1 unspecified atom stereocenters. The SMILES string of the molecule is CCNC(CCN(CC)CC)Cc1ccc(Cl)cc1. The number of nitrogens with one attached hydrogen (secondary N) is 1. The fourth-order valence-corrected chi connectivity index (χ4v) is 2.47. The van der Waals surface area contributed by atoms with E-state index in [1.807, 2.05) is 12.1 Å². The highest BCUT2D eigenvalue weighted by molar-refractivity contribution is 6.30. The normalized spacial score (nSPS) is 12.9. The Bertz CT molecular complexity index is 333. The summed E-state index contributed by atoms with van der Waals surface area (Å²) in [5.74, 6) is 0. The quantitative estimate of drug-likeness (QED) is 0.745. The lowest BCUT2D eigenvalue weighted by atomic mass is 10.0. The fourth-order valence-electron chi connectivity index (χ4n) is 2.35. The van der Waals surface area contributed by atoms with Crippen LogP contribution >= 0.6 is 11.6 Å². The van der Waals surface area contributed by atoms with Crippen LogP contribution in [0.4, 0.5) is 0 Å². The Balaban J connectivity index is 2.49. The monoisotopic (exact) mass is 282 g/mol. The first kappa shape index (κ1) is 16.5. The number of halogens is 1. The summed E-state index contributed by atoms with van der Waals surface area (Å²) in [4.78, 5) is 2.48. The molecule has 0 heterocycles. The first-order valence-electron chi connectivity index (χ1n) is 7.39. The molecule has 19 heavy (non-hydrogen) atoms. The van der Waals surface area contributed by atoms with E-state index in [0.717, 1.165) is 37.6 Å². The second kappa shape index (κ2) is 9.35. The van der Waals surface area contributed by atoms with Gasteiger partial charge in [-0.3, -0.25) is 0 Å². The zero-order valence-corrected chi connectivity index (χ0v) is 13.2. The van der Waals surface area contributed by atoms with Crippen molar-refractivity contribution in [2.24, 2.45) is 0 Å². The molecule has 1 N–H and O–H groups in total. The molecule has 0 radical (unpaired) electrons. The van der Waals surface area contributed by atoms with Crippen molar-refractivity contribution in [1.82, 2.24) is 10.2 Å². The highest BCUT2D eigenvalue weighted by atomic mass is 35.5. The minimum Gasteiger partial charge on any atom is -0.314 e. The van der Waals surface area contributed by atoms with E-state index in [1.54, 1.807) is 0 Å². The van der Waals surface area contributed by atoms with Crippen molar-refractivity contribution in [3.8, 4) is 0 Å². The molecule has 0 saturated heterocycles. The van der Waals surface area contributed by atoms with Gasteiger partial charge in [0.15, 0.2) is 0 Å². The second-order valence-electron chi connectivity index (χ2n) is 4.90. The zero-order valence-electron chi connectivity index (χ0n) is 12.5. The molecule has 0 saturated carbocycles. The van der Waals surface area contributed by atoms with Crippen molar-refractivity contribution in [2.75, 3.05) is 26.2 Å². The smallest absolute Gasteiger partial charge is 0.0406 e. The van der Waals surface area contributed by atoms with Gasteiger partial charge in [0, 0.05) is 11.1 Å². The van der Waals surface area contributed by atoms with Gasteiger partial charge in [-0.2, -0.15) is 0 Å². The summed E-state index contributed by atoms with van der Waals surface area (Å²) < 4.78 is 0. The summed E-state index contributed by atoms with van der Waals surface area (Å²) in [5, 5.41) is 4.40. The number of hydrogen-bond acceptors (Lipinski definition) is 2. The molecule has 0 aliphatic heterocycles. The van der Waals surface area contributed by atoms with Gasteiger partial charge in [0.2, 0.25) is 0 Å². The van der Waals surface area contributed by atoms with Crippen molar-refractivity contribution < 1.29 is 0 Å². The standard InChI is InChI=1S/C16H27ClN2/c1-4-18-16(11-12-19(5-2)6-3)13-14-7-9-15(17)10-8-14/h7-10,16,18H,4-6,11-13H2,1-3H3. The highest BCUT2D eigenvalue weighted by Crippen LogP contribution is 2.12. The Labute approximate surface area is 123 Å². The van der Waals surface area contributed by atoms with Crippen molar-refractivity contribution in [3.63, 3.8) is 0 Å². The van der Waals surface area contributed by atoms with Crippen LogP contribution in [0.5, 0.6) is 0 Å². The van der Waals surface area contributed by atoms with E-state index in [9.17, 15) is 0 Å². The Hall–Kier alpha value is -0.570. The van der Waals surface area contributed by atoms with Crippen LogP contribution in [-0.2, 0) is 6.42 Å². The van der Waals surface area contributed by atoms with E-state index in [1.165, 1.54) is 12.0 Å². The second-order valence-corrected chi connectivity index (χ2v) is 5.34. The summed E-state index contributed by atoms with van der Waals surface area (Å²) in [6, 6.07) is 8.76. The van der Waals surface area contributed by atoms with E-state index in [2.05, 4.69) is 43.1 Å². The Morgan fingerprint density at radius 1 is 1.11 bits per heavy atom. The number of benzene rings is 1. The van der Waals surface area contributed by atoms with Gasteiger partial charge in [-0.15, -0.1) is 0 Å². The van der Waals surface area contributed by atoms with E-state index in [0.29, 0.717) is 6.04 Å². The van der Waals surface area contributed by atoms with Crippen LogP contribution in [0.3, 0.4) is 0 Å². The molecule has 1 atom stereocenters.